The van der Waals surface area contributed by atoms with Gasteiger partial charge in [0.2, 0.25) is 0 Å². The standard InChI is InChI=1S/C30H31N3O3/c1-21(29(23-8-4-3-5-9-23)33-16-18-36-19-17-33)31-30(34)26-20-28(22-12-14-24(35-2)15-13-22)32-27-11-7-6-10-25(26)27/h3-15,20-21,29H,16-19H2,1-2H3,(H,31,34). The summed E-state index contributed by atoms with van der Waals surface area (Å²) in [4.78, 5) is 21.0. The Hall–Kier alpha value is -3.74. The van der Waals surface area contributed by atoms with Gasteiger partial charge in [-0.1, -0.05) is 48.5 Å². The Morgan fingerprint density at radius 1 is 0.972 bits per heavy atom. The molecule has 6 nitrogen and oxygen atoms in total. The predicted octanol–water partition coefficient (Wildman–Crippen LogP) is 5.10. The minimum absolute atomic E-state index is 0.0493. The number of pyridine rings is 1. The maximum absolute atomic E-state index is 13.8. The van der Waals surface area contributed by atoms with E-state index in [1.165, 1.54) is 5.56 Å². The van der Waals surface area contributed by atoms with Crippen LogP contribution in [0.2, 0.25) is 0 Å². The minimum atomic E-state index is -0.116. The third-order valence-corrected chi connectivity index (χ3v) is 6.76. The number of carbonyl (C=O) groups excluding carboxylic acids is 1. The minimum Gasteiger partial charge on any atom is -0.497 e. The van der Waals surface area contributed by atoms with Crippen LogP contribution in [0.25, 0.3) is 22.2 Å². The van der Waals surface area contributed by atoms with Crippen molar-refractivity contribution in [1.82, 2.24) is 15.2 Å². The highest BCUT2D eigenvalue weighted by Gasteiger charge is 2.29. The molecule has 2 heterocycles. The number of nitrogens with zero attached hydrogens (tertiary/aromatic N) is 2. The fourth-order valence-corrected chi connectivity index (χ4v) is 4.96. The largest absolute Gasteiger partial charge is 0.497 e. The van der Waals surface area contributed by atoms with Gasteiger partial charge in [-0.25, -0.2) is 4.98 Å². The Labute approximate surface area is 211 Å². The molecule has 4 aromatic rings. The fraction of sp³-hybridized carbons (Fsp3) is 0.267. The van der Waals surface area contributed by atoms with Crippen molar-refractivity contribution in [2.75, 3.05) is 33.4 Å². The number of rotatable bonds is 7. The van der Waals surface area contributed by atoms with Gasteiger partial charge >= 0.3 is 0 Å². The number of carbonyl (C=O) groups is 1. The van der Waals surface area contributed by atoms with Gasteiger partial charge in [0.15, 0.2) is 0 Å². The second kappa shape index (κ2) is 10.9. The number of methoxy groups -OCH3 is 1. The number of hydrogen-bond donors (Lipinski definition) is 1. The summed E-state index contributed by atoms with van der Waals surface area (Å²) >= 11 is 0. The molecular weight excluding hydrogens is 450 g/mol. The van der Waals surface area contributed by atoms with E-state index in [0.717, 1.165) is 41.0 Å². The molecule has 2 atom stereocenters. The molecular formula is C30H31N3O3. The van der Waals surface area contributed by atoms with Crippen molar-refractivity contribution < 1.29 is 14.3 Å². The van der Waals surface area contributed by atoms with Gasteiger partial charge in [0, 0.05) is 30.1 Å². The number of para-hydroxylation sites is 1. The normalized spacial score (nSPS) is 15.8. The molecule has 184 valence electrons. The van der Waals surface area contributed by atoms with Crippen LogP contribution in [0.15, 0.2) is 84.9 Å². The summed E-state index contributed by atoms with van der Waals surface area (Å²) in [6.07, 6.45) is 0. The van der Waals surface area contributed by atoms with Gasteiger partial charge in [-0.05, 0) is 48.9 Å². The SMILES string of the molecule is COc1ccc(-c2cc(C(=O)NC(C)C(c3ccccc3)N3CCOCC3)c3ccccc3n2)cc1. The molecule has 0 saturated carbocycles. The quantitative estimate of drug-likeness (QED) is 0.398. The lowest BCUT2D eigenvalue weighted by atomic mass is 9.97. The average Bonchev–Trinajstić information content (AvgIpc) is 2.93. The Morgan fingerprint density at radius 2 is 1.67 bits per heavy atom. The van der Waals surface area contributed by atoms with Crippen LogP contribution in [0.1, 0.15) is 28.9 Å². The number of benzene rings is 3. The van der Waals surface area contributed by atoms with E-state index in [0.29, 0.717) is 18.8 Å². The summed E-state index contributed by atoms with van der Waals surface area (Å²) in [5, 5.41) is 4.15. The van der Waals surface area contributed by atoms with Crippen LogP contribution in [0.3, 0.4) is 0 Å². The number of hydrogen-bond acceptors (Lipinski definition) is 5. The monoisotopic (exact) mass is 481 g/mol. The lowest BCUT2D eigenvalue weighted by molar-refractivity contribution is 0.00889. The highest BCUT2D eigenvalue weighted by atomic mass is 16.5. The summed E-state index contributed by atoms with van der Waals surface area (Å²) in [5.41, 5.74) is 4.27. The van der Waals surface area contributed by atoms with Crippen LogP contribution in [0, 0.1) is 0 Å². The molecule has 0 spiro atoms. The van der Waals surface area contributed by atoms with E-state index in [2.05, 4.69) is 41.4 Å². The van der Waals surface area contributed by atoms with Gasteiger partial charge in [-0.15, -0.1) is 0 Å². The first kappa shape index (κ1) is 24.0. The van der Waals surface area contributed by atoms with E-state index in [1.54, 1.807) is 7.11 Å². The molecule has 0 radical (unpaired) electrons. The zero-order valence-electron chi connectivity index (χ0n) is 20.7. The van der Waals surface area contributed by atoms with Crippen molar-refractivity contribution in [2.45, 2.75) is 19.0 Å². The molecule has 0 bridgehead atoms. The van der Waals surface area contributed by atoms with E-state index >= 15 is 0 Å². The van der Waals surface area contributed by atoms with Gasteiger partial charge in [0.1, 0.15) is 5.75 Å². The molecule has 3 aromatic carbocycles. The molecule has 1 fully saturated rings. The lowest BCUT2D eigenvalue weighted by Gasteiger charge is -2.38. The highest BCUT2D eigenvalue weighted by molar-refractivity contribution is 6.07. The van der Waals surface area contributed by atoms with Crippen LogP contribution in [0.5, 0.6) is 5.75 Å². The van der Waals surface area contributed by atoms with Crippen molar-refractivity contribution >= 4 is 16.8 Å². The molecule has 1 aliphatic rings. The van der Waals surface area contributed by atoms with E-state index in [4.69, 9.17) is 14.5 Å². The van der Waals surface area contributed by atoms with Crippen molar-refractivity contribution in [2.24, 2.45) is 0 Å². The van der Waals surface area contributed by atoms with Gasteiger partial charge in [0.25, 0.3) is 5.91 Å². The summed E-state index contributed by atoms with van der Waals surface area (Å²) in [5.74, 6) is 0.673. The van der Waals surface area contributed by atoms with Crippen LogP contribution >= 0.6 is 0 Å². The van der Waals surface area contributed by atoms with Crippen molar-refractivity contribution in [3.63, 3.8) is 0 Å². The van der Waals surface area contributed by atoms with Gasteiger partial charge in [0.05, 0.1) is 43.1 Å². The van der Waals surface area contributed by atoms with Crippen LogP contribution in [-0.4, -0.2) is 55.2 Å². The molecule has 2 unspecified atom stereocenters. The Morgan fingerprint density at radius 3 is 2.39 bits per heavy atom. The topological polar surface area (TPSA) is 63.7 Å². The fourth-order valence-electron chi connectivity index (χ4n) is 4.96. The smallest absolute Gasteiger partial charge is 0.252 e. The number of amides is 1. The first-order chi connectivity index (χ1) is 17.6. The maximum atomic E-state index is 13.8. The van der Waals surface area contributed by atoms with Crippen LogP contribution in [-0.2, 0) is 4.74 Å². The highest BCUT2D eigenvalue weighted by Crippen LogP contribution is 2.28. The molecule has 1 aliphatic heterocycles. The third kappa shape index (κ3) is 5.10. The van der Waals surface area contributed by atoms with Crippen molar-refractivity contribution in [3.05, 3.63) is 96.1 Å². The Balaban J connectivity index is 1.48. The first-order valence-corrected chi connectivity index (χ1v) is 12.4. The number of ether oxygens (including phenoxy) is 2. The molecule has 36 heavy (non-hydrogen) atoms. The third-order valence-electron chi connectivity index (χ3n) is 6.76. The molecule has 1 aromatic heterocycles. The maximum Gasteiger partial charge on any atom is 0.252 e. The zero-order valence-corrected chi connectivity index (χ0v) is 20.7. The average molecular weight is 482 g/mol. The van der Waals surface area contributed by atoms with Crippen molar-refractivity contribution in [3.8, 4) is 17.0 Å². The molecule has 0 aliphatic carbocycles. The summed E-state index contributed by atoms with van der Waals surface area (Å²) in [7, 11) is 1.65. The summed E-state index contributed by atoms with van der Waals surface area (Å²) < 4.78 is 10.9. The molecule has 1 saturated heterocycles. The molecule has 5 rings (SSSR count). The number of nitrogens with one attached hydrogen (secondary N) is 1. The van der Waals surface area contributed by atoms with Crippen LogP contribution in [0.4, 0.5) is 0 Å². The van der Waals surface area contributed by atoms with E-state index in [-0.39, 0.29) is 18.0 Å². The van der Waals surface area contributed by atoms with E-state index in [9.17, 15) is 4.79 Å². The summed E-state index contributed by atoms with van der Waals surface area (Å²) in [6, 6.07) is 27.7. The molecule has 1 amide bonds. The van der Waals surface area contributed by atoms with Gasteiger partial charge in [-0.2, -0.15) is 0 Å². The number of aromatic nitrogens is 1. The number of morpholine rings is 1. The second-order valence-corrected chi connectivity index (χ2v) is 9.07. The van der Waals surface area contributed by atoms with Gasteiger partial charge in [-0.3, -0.25) is 9.69 Å². The Kier molecular flexibility index (Phi) is 7.26. The second-order valence-electron chi connectivity index (χ2n) is 9.07. The van der Waals surface area contributed by atoms with E-state index < -0.39 is 0 Å². The van der Waals surface area contributed by atoms with E-state index in [1.807, 2.05) is 60.7 Å². The predicted molar refractivity (Wildman–Crippen MR) is 142 cm³/mol. The van der Waals surface area contributed by atoms with Gasteiger partial charge < -0.3 is 14.8 Å². The summed E-state index contributed by atoms with van der Waals surface area (Å²) in [6.45, 7) is 5.15. The van der Waals surface area contributed by atoms with Crippen LogP contribution < -0.4 is 10.1 Å². The molecule has 6 heteroatoms. The zero-order chi connectivity index (χ0) is 24.9. The van der Waals surface area contributed by atoms with Crippen molar-refractivity contribution in [1.29, 1.82) is 0 Å². The Bertz CT molecular complexity index is 1320. The number of fused-ring (bicyclic) bond motifs is 1. The first-order valence-electron chi connectivity index (χ1n) is 12.4. The lowest BCUT2D eigenvalue weighted by Crippen LogP contribution is -2.48. The molecule has 1 N–H and O–H groups in total.